The van der Waals surface area contributed by atoms with Crippen LogP contribution in [0.5, 0.6) is 0 Å². The maximum Gasteiger partial charge on any atom is 0.328 e. The molecule has 10 heavy (non-hydrogen) atoms. The van der Waals surface area contributed by atoms with E-state index in [1.165, 1.54) is 6.08 Å². The molecule has 0 aliphatic carbocycles. The van der Waals surface area contributed by atoms with Crippen molar-refractivity contribution in [1.82, 2.24) is 0 Å². The highest BCUT2D eigenvalue weighted by Crippen LogP contribution is 2.04. The molecule has 0 aliphatic rings. The molecule has 0 unspecified atom stereocenters. The standard InChI is InChI=1S/C8H14O2/c1-3-4-5-7(2)6-8(9)10/h6H,3-5H2,1-2H3,(H,9,10)/b7-6-. The van der Waals surface area contributed by atoms with Gasteiger partial charge in [-0.15, -0.1) is 0 Å². The summed E-state index contributed by atoms with van der Waals surface area (Å²) in [5, 5.41) is 8.31. The third-order valence-electron chi connectivity index (χ3n) is 1.29. The van der Waals surface area contributed by atoms with Gasteiger partial charge in [0.15, 0.2) is 0 Å². The fourth-order valence-electron chi connectivity index (χ4n) is 0.739. The van der Waals surface area contributed by atoms with Gasteiger partial charge >= 0.3 is 5.97 Å². The van der Waals surface area contributed by atoms with Crippen molar-refractivity contribution < 1.29 is 9.90 Å². The van der Waals surface area contributed by atoms with E-state index in [1.807, 2.05) is 6.92 Å². The van der Waals surface area contributed by atoms with Crippen molar-refractivity contribution in [2.24, 2.45) is 0 Å². The monoisotopic (exact) mass is 142 g/mol. The number of aliphatic carboxylic acids is 1. The van der Waals surface area contributed by atoms with Gasteiger partial charge in [-0.05, 0) is 19.8 Å². The van der Waals surface area contributed by atoms with E-state index in [-0.39, 0.29) is 0 Å². The van der Waals surface area contributed by atoms with Crippen LogP contribution < -0.4 is 0 Å². The predicted molar refractivity (Wildman–Crippen MR) is 40.9 cm³/mol. The third-order valence-corrected chi connectivity index (χ3v) is 1.29. The first-order valence-electron chi connectivity index (χ1n) is 3.57. The smallest absolute Gasteiger partial charge is 0.328 e. The van der Waals surface area contributed by atoms with Crippen LogP contribution in [0.4, 0.5) is 0 Å². The van der Waals surface area contributed by atoms with Crippen molar-refractivity contribution in [2.45, 2.75) is 33.1 Å². The number of carbonyl (C=O) groups is 1. The Kier molecular flexibility index (Phi) is 4.63. The first kappa shape index (κ1) is 9.21. The number of hydrogen-bond donors (Lipinski definition) is 1. The van der Waals surface area contributed by atoms with Gasteiger partial charge in [0.1, 0.15) is 0 Å². The molecule has 0 aromatic heterocycles. The van der Waals surface area contributed by atoms with E-state index in [4.69, 9.17) is 5.11 Å². The molecule has 0 rings (SSSR count). The summed E-state index contributed by atoms with van der Waals surface area (Å²) in [7, 11) is 0. The van der Waals surface area contributed by atoms with Crippen molar-refractivity contribution in [3.63, 3.8) is 0 Å². The molecule has 0 spiro atoms. The molecule has 0 aliphatic heterocycles. The molecular weight excluding hydrogens is 128 g/mol. The molecular formula is C8H14O2. The second-order valence-corrected chi connectivity index (χ2v) is 2.43. The van der Waals surface area contributed by atoms with Crippen molar-refractivity contribution in [3.05, 3.63) is 11.6 Å². The van der Waals surface area contributed by atoms with Crippen LogP contribution in [0.25, 0.3) is 0 Å². The molecule has 0 bridgehead atoms. The van der Waals surface area contributed by atoms with Crippen LogP contribution in [0, 0.1) is 0 Å². The van der Waals surface area contributed by atoms with E-state index in [2.05, 4.69) is 6.92 Å². The number of unbranched alkanes of at least 4 members (excludes halogenated alkanes) is 1. The Bertz CT molecular complexity index is 136. The molecule has 0 atom stereocenters. The largest absolute Gasteiger partial charge is 0.478 e. The minimum absolute atomic E-state index is 0.839. The van der Waals surface area contributed by atoms with Gasteiger partial charge in [-0.2, -0.15) is 0 Å². The van der Waals surface area contributed by atoms with Crippen molar-refractivity contribution in [3.8, 4) is 0 Å². The summed E-state index contributed by atoms with van der Waals surface area (Å²) in [6.07, 6.45) is 4.37. The fourth-order valence-corrected chi connectivity index (χ4v) is 0.739. The van der Waals surface area contributed by atoms with Crippen LogP contribution in [0.1, 0.15) is 33.1 Å². The van der Waals surface area contributed by atoms with Crippen LogP contribution in [0.15, 0.2) is 11.6 Å². The van der Waals surface area contributed by atoms with Crippen LogP contribution >= 0.6 is 0 Å². The fraction of sp³-hybridized carbons (Fsp3) is 0.625. The SMILES string of the molecule is CCCC/C(C)=C\C(=O)O. The minimum atomic E-state index is -0.839. The lowest BCUT2D eigenvalue weighted by molar-refractivity contribution is -0.131. The zero-order valence-electron chi connectivity index (χ0n) is 6.55. The van der Waals surface area contributed by atoms with E-state index in [0.29, 0.717) is 0 Å². The van der Waals surface area contributed by atoms with Gasteiger partial charge in [-0.3, -0.25) is 0 Å². The summed E-state index contributed by atoms with van der Waals surface area (Å²) in [4.78, 5) is 10.1. The molecule has 0 saturated heterocycles. The van der Waals surface area contributed by atoms with Crippen LogP contribution in [0.3, 0.4) is 0 Å². The number of carboxylic acid groups (broad SMARTS) is 1. The van der Waals surface area contributed by atoms with Crippen LogP contribution in [-0.4, -0.2) is 11.1 Å². The number of allylic oxidation sites excluding steroid dienone is 1. The van der Waals surface area contributed by atoms with Crippen LogP contribution in [0.2, 0.25) is 0 Å². The lowest BCUT2D eigenvalue weighted by Crippen LogP contribution is -1.89. The van der Waals surface area contributed by atoms with E-state index in [0.717, 1.165) is 24.8 Å². The highest BCUT2D eigenvalue weighted by Gasteiger charge is 1.92. The molecule has 0 radical (unpaired) electrons. The summed E-state index contributed by atoms with van der Waals surface area (Å²) in [5.41, 5.74) is 0.953. The molecule has 0 amide bonds. The normalized spacial score (nSPS) is 11.6. The van der Waals surface area contributed by atoms with Gasteiger partial charge in [0, 0.05) is 6.08 Å². The number of rotatable bonds is 4. The lowest BCUT2D eigenvalue weighted by atomic mass is 10.1. The van der Waals surface area contributed by atoms with E-state index >= 15 is 0 Å². The number of hydrogen-bond acceptors (Lipinski definition) is 1. The number of carboxylic acids is 1. The molecule has 0 aromatic rings. The maximum absolute atomic E-state index is 10.1. The quantitative estimate of drug-likeness (QED) is 0.611. The minimum Gasteiger partial charge on any atom is -0.478 e. The first-order chi connectivity index (χ1) is 4.66. The zero-order chi connectivity index (χ0) is 7.98. The topological polar surface area (TPSA) is 37.3 Å². The van der Waals surface area contributed by atoms with Crippen LogP contribution in [-0.2, 0) is 4.79 Å². The Morgan fingerprint density at radius 3 is 2.60 bits per heavy atom. The van der Waals surface area contributed by atoms with Crippen molar-refractivity contribution in [1.29, 1.82) is 0 Å². The summed E-state index contributed by atoms with van der Waals surface area (Å²) >= 11 is 0. The molecule has 0 aromatic carbocycles. The average Bonchev–Trinajstić information content (AvgIpc) is 1.82. The Morgan fingerprint density at radius 1 is 1.60 bits per heavy atom. The highest BCUT2D eigenvalue weighted by molar-refractivity contribution is 5.80. The third kappa shape index (κ3) is 5.35. The maximum atomic E-state index is 10.1. The zero-order valence-corrected chi connectivity index (χ0v) is 6.55. The van der Waals surface area contributed by atoms with Gasteiger partial charge in [0.2, 0.25) is 0 Å². The average molecular weight is 142 g/mol. The van der Waals surface area contributed by atoms with E-state index < -0.39 is 5.97 Å². The second-order valence-electron chi connectivity index (χ2n) is 2.43. The van der Waals surface area contributed by atoms with Gasteiger partial charge in [0.25, 0.3) is 0 Å². The molecule has 0 heterocycles. The van der Waals surface area contributed by atoms with Crippen molar-refractivity contribution >= 4 is 5.97 Å². The first-order valence-corrected chi connectivity index (χ1v) is 3.57. The van der Waals surface area contributed by atoms with E-state index in [1.54, 1.807) is 0 Å². The van der Waals surface area contributed by atoms with Gasteiger partial charge in [-0.25, -0.2) is 4.79 Å². The Balaban J connectivity index is 3.60. The van der Waals surface area contributed by atoms with Gasteiger partial charge < -0.3 is 5.11 Å². The molecule has 0 saturated carbocycles. The Morgan fingerprint density at radius 2 is 2.20 bits per heavy atom. The summed E-state index contributed by atoms with van der Waals surface area (Å²) in [6, 6.07) is 0. The predicted octanol–water partition coefficient (Wildman–Crippen LogP) is 2.21. The summed E-state index contributed by atoms with van der Waals surface area (Å²) < 4.78 is 0. The van der Waals surface area contributed by atoms with Gasteiger partial charge in [-0.1, -0.05) is 18.9 Å². The highest BCUT2D eigenvalue weighted by atomic mass is 16.4. The lowest BCUT2D eigenvalue weighted by Gasteiger charge is -1.95. The molecule has 0 fully saturated rings. The molecule has 1 N–H and O–H groups in total. The molecule has 2 nitrogen and oxygen atoms in total. The Labute approximate surface area is 61.6 Å². The van der Waals surface area contributed by atoms with E-state index in [9.17, 15) is 4.79 Å². The summed E-state index contributed by atoms with van der Waals surface area (Å²) in [6.45, 7) is 3.94. The Hall–Kier alpha value is -0.790. The second kappa shape index (κ2) is 5.03. The van der Waals surface area contributed by atoms with Gasteiger partial charge in [0.05, 0.1) is 0 Å². The summed E-state index contributed by atoms with van der Waals surface area (Å²) in [5.74, 6) is -0.839. The molecule has 2 heteroatoms. The molecule has 58 valence electrons. The van der Waals surface area contributed by atoms with Crippen molar-refractivity contribution in [2.75, 3.05) is 0 Å².